The van der Waals surface area contributed by atoms with Crippen LogP contribution in [-0.4, -0.2) is 54.0 Å². The average molecular weight is 481 g/mol. The molecule has 0 radical (unpaired) electrons. The molecule has 2 amide bonds. The summed E-state index contributed by atoms with van der Waals surface area (Å²) in [7, 11) is 1.35. The molecule has 3 rings (SSSR count). The fourth-order valence-electron chi connectivity index (χ4n) is 3.36. The number of hydrogen-bond acceptors (Lipinski definition) is 7. The predicted octanol–water partition coefficient (Wildman–Crippen LogP) is 3.51. The minimum Gasteiger partial charge on any atom is -0.446 e. The molecule has 182 valence electrons. The summed E-state index contributed by atoms with van der Waals surface area (Å²) in [4.78, 5) is 43.4. The lowest BCUT2D eigenvalue weighted by Crippen LogP contribution is -2.44. The molecule has 1 aliphatic heterocycles. The molecule has 1 saturated heterocycles. The maximum absolute atomic E-state index is 13.2. The molecule has 2 unspecified atom stereocenters. The van der Waals surface area contributed by atoms with E-state index in [0.717, 1.165) is 29.0 Å². The van der Waals surface area contributed by atoms with E-state index in [9.17, 15) is 27.6 Å². The third-order valence-corrected chi connectivity index (χ3v) is 4.88. The summed E-state index contributed by atoms with van der Waals surface area (Å²) in [5.41, 5.74) is -0.739. The number of benzene rings is 1. The van der Waals surface area contributed by atoms with Crippen molar-refractivity contribution in [2.24, 2.45) is 0 Å². The van der Waals surface area contributed by atoms with Gasteiger partial charge in [0.25, 0.3) is 0 Å². The number of likely N-dealkylation sites (N-methyl/N-ethyl adjacent to an activating group) is 1. The van der Waals surface area contributed by atoms with Crippen LogP contribution in [0.3, 0.4) is 0 Å². The quantitative estimate of drug-likeness (QED) is 0.558. The minimum atomic E-state index is -4.69. The van der Waals surface area contributed by atoms with Crippen molar-refractivity contribution in [3.8, 4) is 0 Å². The number of amides is 2. The van der Waals surface area contributed by atoms with Crippen LogP contribution in [0, 0.1) is 0 Å². The van der Waals surface area contributed by atoms with Gasteiger partial charge in [-0.3, -0.25) is 9.69 Å². The van der Waals surface area contributed by atoms with Gasteiger partial charge in [0.2, 0.25) is 12.3 Å². The fraction of sp³-hybridized carbons (Fsp3) is 0.364. The van der Waals surface area contributed by atoms with Gasteiger partial charge in [0.05, 0.1) is 5.56 Å². The molecule has 3 atom stereocenters. The zero-order valence-electron chi connectivity index (χ0n) is 18.5. The smallest absolute Gasteiger partial charge is 0.416 e. The van der Waals surface area contributed by atoms with E-state index in [1.54, 1.807) is 25.1 Å². The van der Waals surface area contributed by atoms with Crippen molar-refractivity contribution < 1.29 is 41.8 Å². The number of halogens is 3. The molecule has 1 aliphatic rings. The van der Waals surface area contributed by atoms with Crippen LogP contribution in [0.2, 0.25) is 0 Å². The number of carbonyl (C=O) groups excluding carboxylic acids is 3. The van der Waals surface area contributed by atoms with E-state index < -0.39 is 54.1 Å². The Morgan fingerprint density at radius 3 is 2.41 bits per heavy atom. The lowest BCUT2D eigenvalue weighted by atomic mass is 10.1. The summed E-state index contributed by atoms with van der Waals surface area (Å²) in [5.74, 6) is -2.20. The third-order valence-electron chi connectivity index (χ3n) is 4.88. The molecule has 0 aliphatic carbocycles. The molecule has 1 aromatic carbocycles. The Balaban J connectivity index is 1.99. The zero-order valence-corrected chi connectivity index (χ0v) is 18.5. The van der Waals surface area contributed by atoms with Crippen LogP contribution >= 0.6 is 0 Å². The molecule has 0 bridgehead atoms. The molecule has 0 N–H and O–H groups in total. The van der Waals surface area contributed by atoms with Gasteiger partial charge in [0.1, 0.15) is 5.82 Å². The molecule has 1 aromatic heterocycles. The number of hydrogen-bond donors (Lipinski definition) is 0. The predicted molar refractivity (Wildman–Crippen MR) is 111 cm³/mol. The number of pyridine rings is 1. The Labute approximate surface area is 193 Å². The third kappa shape index (κ3) is 5.28. The molecular weight excluding hydrogens is 459 g/mol. The molecule has 0 spiro atoms. The highest BCUT2D eigenvalue weighted by molar-refractivity contribution is 5.94. The van der Waals surface area contributed by atoms with Crippen molar-refractivity contribution >= 4 is 23.8 Å². The zero-order chi connectivity index (χ0) is 25.0. The van der Waals surface area contributed by atoms with Gasteiger partial charge in [-0.05, 0) is 19.1 Å². The Morgan fingerprint density at radius 2 is 1.82 bits per heavy atom. The van der Waals surface area contributed by atoms with Crippen molar-refractivity contribution in [2.45, 2.75) is 38.6 Å². The van der Waals surface area contributed by atoms with Gasteiger partial charge < -0.3 is 14.2 Å². The first-order valence-electron chi connectivity index (χ1n) is 10.2. The summed E-state index contributed by atoms with van der Waals surface area (Å²) in [6.45, 7) is 2.85. The topological polar surface area (TPSA) is 98.3 Å². The van der Waals surface area contributed by atoms with Gasteiger partial charge in [-0.2, -0.15) is 13.2 Å². The first kappa shape index (κ1) is 25.0. The molecule has 9 nitrogen and oxygen atoms in total. The first-order valence-corrected chi connectivity index (χ1v) is 10.2. The normalized spacial score (nSPS) is 19.2. The van der Waals surface area contributed by atoms with Crippen LogP contribution in [0.25, 0.3) is 0 Å². The van der Waals surface area contributed by atoms with Gasteiger partial charge in [0.15, 0.2) is 6.23 Å². The number of esters is 2. The molecule has 12 heteroatoms. The van der Waals surface area contributed by atoms with E-state index in [1.165, 1.54) is 19.2 Å². The molecule has 34 heavy (non-hydrogen) atoms. The van der Waals surface area contributed by atoms with E-state index in [1.807, 2.05) is 0 Å². The number of carbonyl (C=O) groups is 3. The highest BCUT2D eigenvalue weighted by Crippen LogP contribution is 2.34. The number of ether oxygens (including phenoxy) is 3. The molecule has 2 aromatic rings. The van der Waals surface area contributed by atoms with Crippen molar-refractivity contribution in [2.75, 3.05) is 18.6 Å². The van der Waals surface area contributed by atoms with Crippen LogP contribution < -0.4 is 4.90 Å². The van der Waals surface area contributed by atoms with Crippen LogP contribution in [-0.2, 0) is 30.0 Å². The Bertz CT molecular complexity index is 1050. The SMILES string of the molecule is CCOC1C(OC(=O)[C@@H](OC(C)=O)c2ccccc2)N(c2cc(C(F)(F)F)ccn2)C(=O)N1C. The van der Waals surface area contributed by atoms with Gasteiger partial charge in [0, 0.05) is 32.3 Å². The number of nitrogens with zero attached hydrogens (tertiary/aromatic N) is 3. The Kier molecular flexibility index (Phi) is 7.40. The van der Waals surface area contributed by atoms with Gasteiger partial charge in [-0.1, -0.05) is 30.3 Å². The van der Waals surface area contributed by atoms with Gasteiger partial charge >= 0.3 is 24.1 Å². The van der Waals surface area contributed by atoms with Gasteiger partial charge in [-0.15, -0.1) is 0 Å². The van der Waals surface area contributed by atoms with Crippen LogP contribution in [0.15, 0.2) is 48.7 Å². The van der Waals surface area contributed by atoms with Gasteiger partial charge in [-0.25, -0.2) is 19.5 Å². The number of aromatic nitrogens is 1. The van der Waals surface area contributed by atoms with Crippen molar-refractivity contribution in [1.82, 2.24) is 9.88 Å². The van der Waals surface area contributed by atoms with E-state index in [4.69, 9.17) is 14.2 Å². The summed E-state index contributed by atoms with van der Waals surface area (Å²) in [6, 6.07) is 8.62. The Hall–Kier alpha value is -3.67. The monoisotopic (exact) mass is 481 g/mol. The van der Waals surface area contributed by atoms with E-state index in [2.05, 4.69) is 4.98 Å². The second kappa shape index (κ2) is 10.1. The molecule has 1 fully saturated rings. The summed E-state index contributed by atoms with van der Waals surface area (Å²) < 4.78 is 55.9. The lowest BCUT2D eigenvalue weighted by Gasteiger charge is -2.27. The van der Waals surface area contributed by atoms with Crippen LogP contribution in [0.5, 0.6) is 0 Å². The second-order valence-electron chi connectivity index (χ2n) is 7.24. The largest absolute Gasteiger partial charge is 0.446 e. The average Bonchev–Trinajstić information content (AvgIpc) is 3.02. The standard InChI is InChI=1S/C22H22F3N3O6/c1-4-32-18-19(34-20(30)17(33-13(2)29)14-8-6-5-7-9-14)28(21(31)27(18)3)16-12-15(10-11-26-16)22(23,24)25/h5-12,17-19H,4H2,1-3H3/t17-,18?,19?/m0/s1. The van der Waals surface area contributed by atoms with E-state index >= 15 is 0 Å². The van der Waals surface area contributed by atoms with Crippen molar-refractivity contribution in [3.63, 3.8) is 0 Å². The fourth-order valence-corrected chi connectivity index (χ4v) is 3.36. The molecule has 0 saturated carbocycles. The van der Waals surface area contributed by atoms with Crippen molar-refractivity contribution in [1.29, 1.82) is 0 Å². The highest BCUT2D eigenvalue weighted by Gasteiger charge is 2.50. The summed E-state index contributed by atoms with van der Waals surface area (Å²) in [6.07, 6.45) is -7.94. The van der Waals surface area contributed by atoms with E-state index in [0.29, 0.717) is 11.6 Å². The highest BCUT2D eigenvalue weighted by atomic mass is 19.4. The second-order valence-corrected chi connectivity index (χ2v) is 7.24. The number of alkyl halides is 3. The number of rotatable bonds is 7. The molecule has 2 heterocycles. The minimum absolute atomic E-state index is 0.103. The maximum atomic E-state index is 13.2. The molecular formula is C22H22F3N3O6. The Morgan fingerprint density at radius 1 is 1.15 bits per heavy atom. The number of anilines is 1. The lowest BCUT2D eigenvalue weighted by molar-refractivity contribution is -0.178. The summed E-state index contributed by atoms with van der Waals surface area (Å²) in [5, 5.41) is 0. The summed E-state index contributed by atoms with van der Waals surface area (Å²) >= 11 is 0. The van der Waals surface area contributed by atoms with E-state index in [-0.39, 0.29) is 6.61 Å². The maximum Gasteiger partial charge on any atom is 0.416 e. The van der Waals surface area contributed by atoms with Crippen LogP contribution in [0.4, 0.5) is 23.8 Å². The number of urea groups is 1. The van der Waals surface area contributed by atoms with Crippen LogP contribution in [0.1, 0.15) is 31.1 Å². The van der Waals surface area contributed by atoms with Crippen molar-refractivity contribution in [3.05, 3.63) is 59.8 Å². The first-order chi connectivity index (χ1) is 16.0.